The van der Waals surface area contributed by atoms with E-state index in [2.05, 4.69) is 20.9 Å². The third-order valence-corrected chi connectivity index (χ3v) is 2.34. The van der Waals surface area contributed by atoms with Crippen molar-refractivity contribution in [3.63, 3.8) is 0 Å². The lowest BCUT2D eigenvalue weighted by Crippen LogP contribution is -2.23. The predicted molar refractivity (Wildman–Crippen MR) is 54.9 cm³/mol. The first-order chi connectivity index (χ1) is 6.20. The van der Waals surface area contributed by atoms with Gasteiger partial charge in [0.25, 0.3) is 4.82 Å². The molecule has 0 unspecified atom stereocenters. The Bertz CT molecular complexity index is 276. The minimum Gasteiger partial charge on any atom is -0.336 e. The Morgan fingerprint density at radius 2 is 2.38 bits per heavy atom. The van der Waals surface area contributed by atoms with Crippen LogP contribution in [-0.2, 0) is 6.42 Å². The maximum atomic E-state index is 10.8. The number of nitrogens with zero attached hydrogens (tertiary/aromatic N) is 2. The van der Waals surface area contributed by atoms with Crippen LogP contribution in [-0.4, -0.2) is 28.3 Å². The number of hydrogen-bond acceptors (Lipinski definition) is 2. The molecule has 3 nitrogen and oxygen atoms in total. The van der Waals surface area contributed by atoms with E-state index in [0.29, 0.717) is 6.54 Å². The van der Waals surface area contributed by atoms with Gasteiger partial charge in [-0.1, -0.05) is 6.07 Å². The smallest absolute Gasteiger partial charge is 0.289 e. The zero-order valence-electron chi connectivity index (χ0n) is 7.40. The van der Waals surface area contributed by atoms with Gasteiger partial charge in [-0.2, -0.15) is 0 Å². The van der Waals surface area contributed by atoms with Gasteiger partial charge in [-0.15, -0.1) is 0 Å². The number of carbonyl (C=O) groups excluding carboxylic acids is 1. The highest BCUT2D eigenvalue weighted by Crippen LogP contribution is 1.99. The molecule has 0 saturated carbocycles. The number of pyridine rings is 1. The lowest BCUT2D eigenvalue weighted by molar-refractivity contribution is 0.235. The largest absolute Gasteiger partial charge is 0.336 e. The number of rotatable bonds is 3. The molecule has 0 N–H and O–H groups in total. The van der Waals surface area contributed by atoms with E-state index in [1.165, 1.54) is 0 Å². The van der Waals surface area contributed by atoms with E-state index in [-0.39, 0.29) is 4.82 Å². The van der Waals surface area contributed by atoms with E-state index >= 15 is 0 Å². The van der Waals surface area contributed by atoms with Gasteiger partial charge in [-0.05, 0) is 12.1 Å². The normalized spacial score (nSPS) is 9.69. The number of hydrogen-bond donors (Lipinski definition) is 0. The Morgan fingerprint density at radius 3 is 2.92 bits per heavy atom. The fourth-order valence-corrected chi connectivity index (χ4v) is 1.09. The van der Waals surface area contributed by atoms with Gasteiger partial charge < -0.3 is 4.90 Å². The average Bonchev–Trinajstić information content (AvgIpc) is 2.15. The molecule has 0 aromatic carbocycles. The van der Waals surface area contributed by atoms with Gasteiger partial charge in [0.15, 0.2) is 0 Å². The van der Waals surface area contributed by atoms with E-state index in [4.69, 9.17) is 0 Å². The van der Waals surface area contributed by atoms with Crippen LogP contribution in [0.15, 0.2) is 24.4 Å². The van der Waals surface area contributed by atoms with E-state index in [1.54, 1.807) is 18.1 Å². The van der Waals surface area contributed by atoms with Gasteiger partial charge in [0, 0.05) is 47.8 Å². The zero-order valence-corrected chi connectivity index (χ0v) is 8.99. The summed E-state index contributed by atoms with van der Waals surface area (Å²) in [7, 11) is 1.75. The number of halogens is 1. The molecule has 1 aromatic heterocycles. The van der Waals surface area contributed by atoms with Gasteiger partial charge in [0.1, 0.15) is 0 Å². The molecule has 0 spiro atoms. The van der Waals surface area contributed by atoms with Crippen LogP contribution in [0.5, 0.6) is 0 Å². The van der Waals surface area contributed by atoms with Crippen LogP contribution in [0.25, 0.3) is 0 Å². The molecule has 0 radical (unpaired) electrons. The van der Waals surface area contributed by atoms with Gasteiger partial charge in [0.2, 0.25) is 0 Å². The van der Waals surface area contributed by atoms with E-state index in [9.17, 15) is 4.79 Å². The summed E-state index contributed by atoms with van der Waals surface area (Å²) in [6.07, 6.45) is 2.54. The third kappa shape index (κ3) is 3.55. The van der Waals surface area contributed by atoms with Crippen molar-refractivity contribution < 1.29 is 4.79 Å². The zero-order chi connectivity index (χ0) is 9.68. The Morgan fingerprint density at radius 1 is 1.62 bits per heavy atom. The van der Waals surface area contributed by atoms with Crippen LogP contribution in [0.2, 0.25) is 0 Å². The van der Waals surface area contributed by atoms with Crippen molar-refractivity contribution in [3.05, 3.63) is 30.1 Å². The Labute approximate surface area is 85.9 Å². The second-order valence-electron chi connectivity index (χ2n) is 2.75. The fourth-order valence-electron chi connectivity index (χ4n) is 0.916. The Kier molecular flexibility index (Phi) is 3.89. The summed E-state index contributed by atoms with van der Waals surface area (Å²) in [6, 6.07) is 5.77. The first kappa shape index (κ1) is 10.2. The maximum Gasteiger partial charge on any atom is 0.289 e. The quantitative estimate of drug-likeness (QED) is 0.601. The summed E-state index contributed by atoms with van der Waals surface area (Å²) < 4.78 is 0. The summed E-state index contributed by atoms with van der Waals surface area (Å²) in [4.78, 5) is 16.5. The minimum absolute atomic E-state index is 0.0940. The molecule has 13 heavy (non-hydrogen) atoms. The summed E-state index contributed by atoms with van der Waals surface area (Å²) in [6.45, 7) is 0.682. The molecule has 0 aliphatic carbocycles. The molecule has 4 heteroatoms. The number of likely N-dealkylation sites (N-methyl/N-ethyl adjacent to an activating group) is 1. The van der Waals surface area contributed by atoms with Gasteiger partial charge in [-0.3, -0.25) is 9.78 Å². The lowest BCUT2D eigenvalue weighted by Gasteiger charge is -2.12. The van der Waals surface area contributed by atoms with Gasteiger partial charge in [0.05, 0.1) is 0 Å². The highest BCUT2D eigenvalue weighted by Gasteiger charge is 2.03. The molecule has 1 rings (SSSR count). The highest BCUT2D eigenvalue weighted by molar-refractivity contribution is 9.18. The van der Waals surface area contributed by atoms with Crippen LogP contribution in [0.3, 0.4) is 0 Å². The van der Waals surface area contributed by atoms with E-state index in [0.717, 1.165) is 12.1 Å². The van der Waals surface area contributed by atoms with E-state index in [1.807, 2.05) is 18.2 Å². The minimum atomic E-state index is -0.0940. The molecule has 0 fully saturated rings. The molecular formula is C9H11BrN2O. The first-order valence-electron chi connectivity index (χ1n) is 4.00. The predicted octanol–water partition coefficient (Wildman–Crippen LogP) is 2.07. The average molecular weight is 243 g/mol. The summed E-state index contributed by atoms with van der Waals surface area (Å²) in [5, 5.41) is 0. The highest BCUT2D eigenvalue weighted by atomic mass is 79.9. The van der Waals surface area contributed by atoms with Crippen molar-refractivity contribution in [3.8, 4) is 0 Å². The summed E-state index contributed by atoms with van der Waals surface area (Å²) in [5.41, 5.74) is 1.00. The van der Waals surface area contributed by atoms with Crippen LogP contribution in [0.4, 0.5) is 4.79 Å². The van der Waals surface area contributed by atoms with Crippen LogP contribution >= 0.6 is 15.9 Å². The van der Waals surface area contributed by atoms with Gasteiger partial charge in [-0.25, -0.2) is 0 Å². The molecule has 0 bridgehead atoms. The maximum absolute atomic E-state index is 10.8. The van der Waals surface area contributed by atoms with Crippen LogP contribution in [0.1, 0.15) is 5.69 Å². The van der Waals surface area contributed by atoms with Gasteiger partial charge >= 0.3 is 0 Å². The molecular weight excluding hydrogens is 232 g/mol. The number of amides is 1. The van der Waals surface area contributed by atoms with Crippen LogP contribution in [0, 0.1) is 0 Å². The molecule has 1 amide bonds. The van der Waals surface area contributed by atoms with E-state index < -0.39 is 0 Å². The second-order valence-corrected chi connectivity index (χ2v) is 3.42. The van der Waals surface area contributed by atoms with Crippen molar-refractivity contribution in [2.75, 3.05) is 13.6 Å². The molecule has 0 aliphatic rings. The molecule has 0 saturated heterocycles. The molecule has 70 valence electrons. The molecule has 0 aliphatic heterocycles. The van der Waals surface area contributed by atoms with Crippen LogP contribution < -0.4 is 0 Å². The monoisotopic (exact) mass is 242 g/mol. The summed E-state index contributed by atoms with van der Waals surface area (Å²) >= 11 is 2.88. The molecule has 1 heterocycles. The van der Waals surface area contributed by atoms with Crippen molar-refractivity contribution in [2.45, 2.75) is 6.42 Å². The number of carbonyl (C=O) groups is 1. The first-order valence-corrected chi connectivity index (χ1v) is 4.80. The topological polar surface area (TPSA) is 33.2 Å². The second kappa shape index (κ2) is 4.97. The third-order valence-electron chi connectivity index (χ3n) is 1.73. The Balaban J connectivity index is 2.39. The lowest BCUT2D eigenvalue weighted by atomic mass is 10.3. The summed E-state index contributed by atoms with van der Waals surface area (Å²) in [5.74, 6) is 0. The number of aromatic nitrogens is 1. The standard InChI is InChI=1S/C9H11BrN2O/c1-12(9(10)13)7-5-8-4-2-3-6-11-8/h2-4,6H,5,7H2,1H3. The van der Waals surface area contributed by atoms with Crippen molar-refractivity contribution in [1.82, 2.24) is 9.88 Å². The van der Waals surface area contributed by atoms with Crippen molar-refractivity contribution in [2.24, 2.45) is 0 Å². The SMILES string of the molecule is CN(CCc1ccccn1)C(=O)Br. The van der Waals surface area contributed by atoms with Crippen molar-refractivity contribution in [1.29, 1.82) is 0 Å². The van der Waals surface area contributed by atoms with Crippen molar-refractivity contribution >= 4 is 20.7 Å². The molecule has 0 atom stereocenters. The molecule has 1 aromatic rings. The fraction of sp³-hybridized carbons (Fsp3) is 0.333. The Hall–Kier alpha value is -0.900.